The Bertz CT molecular complexity index is 654. The summed E-state index contributed by atoms with van der Waals surface area (Å²) in [7, 11) is 0. The fourth-order valence-corrected chi connectivity index (χ4v) is 3.05. The third-order valence-electron chi connectivity index (χ3n) is 2.79. The summed E-state index contributed by atoms with van der Waals surface area (Å²) in [4.78, 5) is 1.07. The molecule has 2 nitrogen and oxygen atoms in total. The minimum Gasteiger partial charge on any atom is -0.389 e. The van der Waals surface area contributed by atoms with Crippen LogP contribution in [0, 0.1) is 11.6 Å². The van der Waals surface area contributed by atoms with Crippen LogP contribution < -0.4 is 11.1 Å². The Morgan fingerprint density at radius 2 is 1.81 bits per heavy atom. The molecule has 0 aromatic heterocycles. The first-order chi connectivity index (χ1) is 10.0. The van der Waals surface area contributed by atoms with Crippen LogP contribution in [0.15, 0.2) is 41.3 Å². The number of thioether (sulfide) groups is 1. The van der Waals surface area contributed by atoms with Crippen molar-refractivity contribution >= 4 is 40.3 Å². The molecule has 0 aliphatic carbocycles. The molecule has 0 aliphatic heterocycles. The van der Waals surface area contributed by atoms with Crippen LogP contribution in [-0.2, 0) is 0 Å². The van der Waals surface area contributed by atoms with Crippen molar-refractivity contribution in [1.29, 1.82) is 0 Å². The minimum atomic E-state index is -0.669. The van der Waals surface area contributed by atoms with Gasteiger partial charge >= 0.3 is 0 Å². The molecule has 0 atom stereocenters. The van der Waals surface area contributed by atoms with Gasteiger partial charge in [-0.25, -0.2) is 8.78 Å². The molecule has 0 unspecified atom stereocenters. The van der Waals surface area contributed by atoms with E-state index < -0.39 is 11.6 Å². The van der Waals surface area contributed by atoms with E-state index in [-0.39, 0.29) is 10.7 Å². The number of anilines is 2. The van der Waals surface area contributed by atoms with Crippen molar-refractivity contribution in [2.45, 2.75) is 11.8 Å². The first-order valence-corrected chi connectivity index (χ1v) is 7.70. The van der Waals surface area contributed by atoms with Gasteiger partial charge in [-0.3, -0.25) is 0 Å². The fourth-order valence-electron chi connectivity index (χ4n) is 1.92. The molecule has 0 fully saturated rings. The molecule has 110 valence electrons. The molecule has 0 heterocycles. The molecule has 2 rings (SSSR count). The van der Waals surface area contributed by atoms with Crippen LogP contribution in [0.3, 0.4) is 0 Å². The number of para-hydroxylation sites is 1. The van der Waals surface area contributed by atoms with Crippen molar-refractivity contribution < 1.29 is 8.78 Å². The van der Waals surface area contributed by atoms with Crippen LogP contribution in [-0.4, -0.2) is 10.7 Å². The highest BCUT2D eigenvalue weighted by Gasteiger charge is 2.15. The summed E-state index contributed by atoms with van der Waals surface area (Å²) in [5.74, 6) is -0.498. The topological polar surface area (TPSA) is 38.0 Å². The second-order valence-corrected chi connectivity index (χ2v) is 5.94. The van der Waals surface area contributed by atoms with Gasteiger partial charge in [-0.2, -0.15) is 0 Å². The number of nitrogens with two attached hydrogens (primary N) is 1. The summed E-state index contributed by atoms with van der Waals surface area (Å²) in [6.45, 7) is 2.00. The van der Waals surface area contributed by atoms with E-state index in [4.69, 9.17) is 18.0 Å². The maximum atomic E-state index is 13.7. The lowest BCUT2D eigenvalue weighted by atomic mass is 10.1. The van der Waals surface area contributed by atoms with Crippen LogP contribution in [0.25, 0.3) is 0 Å². The summed E-state index contributed by atoms with van der Waals surface area (Å²) < 4.78 is 27.5. The molecule has 0 spiro atoms. The van der Waals surface area contributed by atoms with Gasteiger partial charge in [0.25, 0.3) is 0 Å². The van der Waals surface area contributed by atoms with Crippen molar-refractivity contribution in [2.24, 2.45) is 5.73 Å². The van der Waals surface area contributed by atoms with Gasteiger partial charge in [0.05, 0.1) is 5.69 Å². The monoisotopic (exact) mass is 324 g/mol. The summed E-state index contributed by atoms with van der Waals surface area (Å²) in [6.07, 6.45) is 0. The van der Waals surface area contributed by atoms with E-state index in [1.54, 1.807) is 23.9 Å². The summed E-state index contributed by atoms with van der Waals surface area (Å²) >= 11 is 6.64. The molecule has 0 saturated carbocycles. The quantitative estimate of drug-likeness (QED) is 0.629. The van der Waals surface area contributed by atoms with Crippen molar-refractivity contribution in [3.8, 4) is 0 Å². The fraction of sp³-hybridized carbons (Fsp3) is 0.133. The van der Waals surface area contributed by atoms with Crippen LogP contribution >= 0.6 is 24.0 Å². The van der Waals surface area contributed by atoms with E-state index in [2.05, 4.69) is 5.32 Å². The lowest BCUT2D eigenvalue weighted by molar-refractivity contribution is 0.591. The number of thiocarbonyl (C=S) groups is 1. The van der Waals surface area contributed by atoms with Gasteiger partial charge in [-0.05, 0) is 30.0 Å². The highest BCUT2D eigenvalue weighted by atomic mass is 32.2. The Morgan fingerprint density at radius 3 is 2.38 bits per heavy atom. The SMILES string of the molecule is CCSc1cccc(Nc2c(F)cccc2F)c1C(N)=S. The van der Waals surface area contributed by atoms with E-state index in [1.807, 2.05) is 13.0 Å². The van der Waals surface area contributed by atoms with Crippen molar-refractivity contribution in [3.05, 3.63) is 53.6 Å². The van der Waals surface area contributed by atoms with Gasteiger partial charge in [0.1, 0.15) is 22.3 Å². The van der Waals surface area contributed by atoms with Crippen LogP contribution in [0.5, 0.6) is 0 Å². The smallest absolute Gasteiger partial charge is 0.149 e. The molecule has 0 bridgehead atoms. The molecular weight excluding hydrogens is 310 g/mol. The molecule has 0 aliphatic rings. The predicted octanol–water partition coefficient (Wildman–Crippen LogP) is 4.45. The molecule has 0 saturated heterocycles. The van der Waals surface area contributed by atoms with Gasteiger partial charge in [-0.15, -0.1) is 11.8 Å². The van der Waals surface area contributed by atoms with Crippen LogP contribution in [0.2, 0.25) is 0 Å². The second kappa shape index (κ2) is 6.87. The zero-order chi connectivity index (χ0) is 15.4. The van der Waals surface area contributed by atoms with E-state index in [9.17, 15) is 8.78 Å². The number of hydrogen-bond acceptors (Lipinski definition) is 3. The van der Waals surface area contributed by atoms with Crippen molar-refractivity contribution in [3.63, 3.8) is 0 Å². The Kier molecular flexibility index (Phi) is 5.14. The van der Waals surface area contributed by atoms with E-state index in [0.717, 1.165) is 10.6 Å². The molecule has 0 radical (unpaired) electrons. The Hall–Kier alpha value is -1.66. The number of benzene rings is 2. The molecule has 0 amide bonds. The van der Waals surface area contributed by atoms with Gasteiger partial charge < -0.3 is 11.1 Å². The molecular formula is C15H14F2N2S2. The van der Waals surface area contributed by atoms with Crippen LogP contribution in [0.4, 0.5) is 20.2 Å². The average Bonchev–Trinajstić information content (AvgIpc) is 2.43. The van der Waals surface area contributed by atoms with E-state index >= 15 is 0 Å². The molecule has 2 aromatic rings. The zero-order valence-corrected chi connectivity index (χ0v) is 13.0. The minimum absolute atomic E-state index is 0.186. The first kappa shape index (κ1) is 15.7. The normalized spacial score (nSPS) is 10.4. The van der Waals surface area contributed by atoms with Crippen molar-refractivity contribution in [1.82, 2.24) is 0 Å². The van der Waals surface area contributed by atoms with Crippen LogP contribution in [0.1, 0.15) is 12.5 Å². The maximum Gasteiger partial charge on any atom is 0.149 e. The molecule has 21 heavy (non-hydrogen) atoms. The Morgan fingerprint density at radius 1 is 1.19 bits per heavy atom. The number of halogens is 2. The third kappa shape index (κ3) is 3.51. The average molecular weight is 324 g/mol. The zero-order valence-electron chi connectivity index (χ0n) is 11.3. The number of rotatable bonds is 5. The number of hydrogen-bond donors (Lipinski definition) is 2. The molecule has 2 aromatic carbocycles. The lowest BCUT2D eigenvalue weighted by Crippen LogP contribution is -2.14. The highest BCUT2D eigenvalue weighted by Crippen LogP contribution is 2.32. The van der Waals surface area contributed by atoms with E-state index in [1.165, 1.54) is 18.2 Å². The van der Waals surface area contributed by atoms with E-state index in [0.29, 0.717) is 11.3 Å². The third-order valence-corrected chi connectivity index (χ3v) is 3.94. The summed E-state index contributed by atoms with van der Waals surface area (Å²) in [5, 5.41) is 2.76. The number of nitrogens with one attached hydrogen (secondary N) is 1. The Labute approximate surface area is 131 Å². The van der Waals surface area contributed by atoms with Gasteiger partial charge in [-0.1, -0.05) is 31.3 Å². The predicted molar refractivity (Wildman–Crippen MR) is 88.4 cm³/mol. The lowest BCUT2D eigenvalue weighted by Gasteiger charge is -2.15. The first-order valence-electron chi connectivity index (χ1n) is 6.31. The van der Waals surface area contributed by atoms with Gasteiger partial charge in [0, 0.05) is 10.5 Å². The highest BCUT2D eigenvalue weighted by molar-refractivity contribution is 7.99. The summed E-state index contributed by atoms with van der Waals surface area (Å²) in [5.41, 5.74) is 6.64. The molecule has 6 heteroatoms. The maximum absolute atomic E-state index is 13.7. The summed E-state index contributed by atoms with van der Waals surface area (Å²) in [6, 6.07) is 9.06. The standard InChI is InChI=1S/C15H14F2N2S2/c1-2-21-12-8-4-7-11(13(12)15(18)20)19-14-9(16)5-3-6-10(14)17/h3-8,19H,2H2,1H3,(H2,18,20). The second-order valence-electron chi connectivity index (χ2n) is 4.20. The molecule has 3 N–H and O–H groups in total. The largest absolute Gasteiger partial charge is 0.389 e. The van der Waals surface area contributed by atoms with Crippen molar-refractivity contribution in [2.75, 3.05) is 11.1 Å². The van der Waals surface area contributed by atoms with Gasteiger partial charge in [0.2, 0.25) is 0 Å². The Balaban J connectivity index is 2.49. The van der Waals surface area contributed by atoms with Gasteiger partial charge in [0.15, 0.2) is 0 Å².